The van der Waals surface area contributed by atoms with Gasteiger partial charge < -0.3 is 25.0 Å². The molecule has 0 fully saturated rings. The number of hydrogen-bond acceptors (Lipinski definition) is 5. The standard InChI is InChI=1S/C9H13N5O4/c15-4-6(8(16)17)11-9(18)13-1-2-14-5-10-12-7(14)3-13/h5-6,15H,1-4H2,(H,11,18)(H,16,17)/t6-/m1/s1. The van der Waals surface area contributed by atoms with Gasteiger partial charge in [-0.1, -0.05) is 0 Å². The number of amides is 2. The Bertz CT molecular complexity index is 460. The number of carbonyl (C=O) groups is 2. The second kappa shape index (κ2) is 5.00. The third-order valence-corrected chi connectivity index (χ3v) is 2.70. The SMILES string of the molecule is O=C(O)[C@@H](CO)NC(=O)N1CCn2cnnc2C1. The molecule has 1 aliphatic heterocycles. The number of hydrogen-bond donors (Lipinski definition) is 3. The maximum absolute atomic E-state index is 11.8. The molecule has 0 saturated heterocycles. The number of carbonyl (C=O) groups excluding carboxylic acids is 1. The van der Waals surface area contributed by atoms with Crippen LogP contribution in [0.1, 0.15) is 5.82 Å². The molecule has 2 rings (SSSR count). The van der Waals surface area contributed by atoms with Crippen molar-refractivity contribution in [3.05, 3.63) is 12.2 Å². The molecule has 0 aliphatic carbocycles. The molecule has 1 atom stereocenters. The van der Waals surface area contributed by atoms with E-state index in [2.05, 4.69) is 15.5 Å². The normalized spacial score (nSPS) is 15.9. The van der Waals surface area contributed by atoms with E-state index < -0.39 is 24.6 Å². The zero-order valence-electron chi connectivity index (χ0n) is 9.48. The molecule has 0 saturated carbocycles. The van der Waals surface area contributed by atoms with Crippen LogP contribution in [0.3, 0.4) is 0 Å². The van der Waals surface area contributed by atoms with Crippen molar-refractivity contribution in [2.24, 2.45) is 0 Å². The molecular formula is C9H13N5O4. The summed E-state index contributed by atoms with van der Waals surface area (Å²) in [4.78, 5) is 23.9. The van der Waals surface area contributed by atoms with Gasteiger partial charge in [-0.25, -0.2) is 9.59 Å². The Hall–Kier alpha value is -2.16. The van der Waals surface area contributed by atoms with Gasteiger partial charge in [0.25, 0.3) is 0 Å². The number of carboxylic acids is 1. The molecule has 2 heterocycles. The topological polar surface area (TPSA) is 121 Å². The minimum atomic E-state index is -1.29. The second-order valence-electron chi connectivity index (χ2n) is 3.89. The zero-order valence-corrected chi connectivity index (χ0v) is 9.48. The number of aromatic nitrogens is 3. The van der Waals surface area contributed by atoms with Gasteiger partial charge in [0.1, 0.15) is 6.33 Å². The van der Waals surface area contributed by atoms with Crippen LogP contribution in [0.4, 0.5) is 4.79 Å². The average molecular weight is 255 g/mol. The minimum Gasteiger partial charge on any atom is -0.480 e. The molecule has 9 heteroatoms. The van der Waals surface area contributed by atoms with Gasteiger partial charge in [-0.2, -0.15) is 0 Å². The van der Waals surface area contributed by atoms with E-state index >= 15 is 0 Å². The number of aliphatic hydroxyl groups excluding tert-OH is 1. The molecule has 0 bridgehead atoms. The average Bonchev–Trinajstić information content (AvgIpc) is 2.82. The van der Waals surface area contributed by atoms with E-state index in [4.69, 9.17) is 10.2 Å². The molecule has 1 aromatic heterocycles. The molecule has 0 spiro atoms. The van der Waals surface area contributed by atoms with Crippen LogP contribution in [-0.4, -0.2) is 61.1 Å². The first kappa shape index (κ1) is 12.3. The fourth-order valence-corrected chi connectivity index (χ4v) is 1.67. The van der Waals surface area contributed by atoms with Crippen LogP contribution in [0.2, 0.25) is 0 Å². The van der Waals surface area contributed by atoms with E-state index in [9.17, 15) is 9.59 Å². The highest BCUT2D eigenvalue weighted by atomic mass is 16.4. The molecule has 0 radical (unpaired) electrons. The highest BCUT2D eigenvalue weighted by Gasteiger charge is 2.25. The van der Waals surface area contributed by atoms with Gasteiger partial charge in [-0.3, -0.25) is 0 Å². The highest BCUT2D eigenvalue weighted by molar-refractivity contribution is 5.82. The van der Waals surface area contributed by atoms with Crippen molar-refractivity contribution in [1.29, 1.82) is 0 Å². The van der Waals surface area contributed by atoms with Gasteiger partial charge in [0.15, 0.2) is 11.9 Å². The molecule has 98 valence electrons. The predicted molar refractivity (Wildman–Crippen MR) is 57.5 cm³/mol. The van der Waals surface area contributed by atoms with Crippen LogP contribution in [-0.2, 0) is 17.9 Å². The summed E-state index contributed by atoms with van der Waals surface area (Å²) >= 11 is 0. The molecule has 18 heavy (non-hydrogen) atoms. The summed E-state index contributed by atoms with van der Waals surface area (Å²) < 4.78 is 1.82. The van der Waals surface area contributed by atoms with Crippen molar-refractivity contribution >= 4 is 12.0 Å². The van der Waals surface area contributed by atoms with Crippen molar-refractivity contribution in [3.63, 3.8) is 0 Å². The summed E-state index contributed by atoms with van der Waals surface area (Å²) in [5.41, 5.74) is 0. The van der Waals surface area contributed by atoms with Crippen LogP contribution < -0.4 is 5.32 Å². The summed E-state index contributed by atoms with van der Waals surface area (Å²) in [7, 11) is 0. The smallest absolute Gasteiger partial charge is 0.328 e. The lowest BCUT2D eigenvalue weighted by molar-refractivity contribution is -0.140. The number of aliphatic hydroxyl groups is 1. The fraction of sp³-hybridized carbons (Fsp3) is 0.556. The number of aliphatic carboxylic acids is 1. The minimum absolute atomic E-state index is 0.267. The van der Waals surface area contributed by atoms with Crippen molar-refractivity contribution in [2.75, 3.05) is 13.2 Å². The number of nitrogens with zero attached hydrogens (tertiary/aromatic N) is 4. The van der Waals surface area contributed by atoms with Gasteiger partial charge in [0.2, 0.25) is 0 Å². The molecule has 0 aromatic carbocycles. The van der Waals surface area contributed by atoms with Gasteiger partial charge in [-0.15, -0.1) is 10.2 Å². The molecule has 3 N–H and O–H groups in total. The Balaban J connectivity index is 1.97. The highest BCUT2D eigenvalue weighted by Crippen LogP contribution is 2.08. The van der Waals surface area contributed by atoms with Crippen LogP contribution in [0, 0.1) is 0 Å². The van der Waals surface area contributed by atoms with E-state index in [1.54, 1.807) is 6.33 Å². The third-order valence-electron chi connectivity index (χ3n) is 2.70. The van der Waals surface area contributed by atoms with Crippen molar-refractivity contribution in [2.45, 2.75) is 19.1 Å². The van der Waals surface area contributed by atoms with Crippen molar-refractivity contribution < 1.29 is 19.8 Å². The van der Waals surface area contributed by atoms with Crippen LogP contribution in [0.15, 0.2) is 6.33 Å². The molecule has 1 aromatic rings. The quantitative estimate of drug-likeness (QED) is 0.589. The van der Waals surface area contributed by atoms with Gasteiger partial charge in [0, 0.05) is 13.1 Å². The zero-order chi connectivity index (χ0) is 13.1. The maximum Gasteiger partial charge on any atom is 0.328 e. The number of fused-ring (bicyclic) bond motifs is 1. The van der Waals surface area contributed by atoms with Gasteiger partial charge >= 0.3 is 12.0 Å². The summed E-state index contributed by atoms with van der Waals surface area (Å²) in [6.07, 6.45) is 1.58. The molecule has 1 aliphatic rings. The molecule has 0 unspecified atom stereocenters. The number of urea groups is 1. The first-order valence-corrected chi connectivity index (χ1v) is 5.37. The molecule has 2 amide bonds. The predicted octanol–water partition coefficient (Wildman–Crippen LogP) is -1.75. The second-order valence-corrected chi connectivity index (χ2v) is 3.89. The summed E-state index contributed by atoms with van der Waals surface area (Å²) in [6.45, 7) is 0.621. The number of rotatable bonds is 3. The monoisotopic (exact) mass is 255 g/mol. The third kappa shape index (κ3) is 2.40. The molecular weight excluding hydrogens is 242 g/mol. The van der Waals surface area contributed by atoms with E-state index in [0.29, 0.717) is 18.9 Å². The lowest BCUT2D eigenvalue weighted by Crippen LogP contribution is -2.51. The van der Waals surface area contributed by atoms with E-state index in [0.717, 1.165) is 0 Å². The van der Waals surface area contributed by atoms with Crippen molar-refractivity contribution in [3.8, 4) is 0 Å². The Morgan fingerprint density at radius 1 is 1.50 bits per heavy atom. The van der Waals surface area contributed by atoms with Gasteiger partial charge in [0.05, 0.1) is 13.2 Å². The Morgan fingerprint density at radius 2 is 2.28 bits per heavy atom. The Kier molecular flexibility index (Phi) is 3.42. The lowest BCUT2D eigenvalue weighted by atomic mass is 10.3. The van der Waals surface area contributed by atoms with E-state index in [1.165, 1.54) is 4.90 Å². The van der Waals surface area contributed by atoms with Crippen molar-refractivity contribution in [1.82, 2.24) is 25.0 Å². The number of nitrogens with one attached hydrogen (secondary N) is 1. The van der Waals surface area contributed by atoms with Crippen LogP contribution in [0.25, 0.3) is 0 Å². The Labute approximate surface area is 102 Å². The maximum atomic E-state index is 11.8. The largest absolute Gasteiger partial charge is 0.480 e. The van der Waals surface area contributed by atoms with Crippen LogP contribution in [0.5, 0.6) is 0 Å². The lowest BCUT2D eigenvalue weighted by Gasteiger charge is -2.28. The fourth-order valence-electron chi connectivity index (χ4n) is 1.67. The summed E-state index contributed by atoms with van der Waals surface area (Å²) in [6, 6.07) is -1.83. The first-order chi connectivity index (χ1) is 8.61. The van der Waals surface area contributed by atoms with Crippen LogP contribution >= 0.6 is 0 Å². The summed E-state index contributed by atoms with van der Waals surface area (Å²) in [5, 5.41) is 27.4. The first-order valence-electron chi connectivity index (χ1n) is 5.37. The Morgan fingerprint density at radius 3 is 2.94 bits per heavy atom. The van der Waals surface area contributed by atoms with E-state index in [-0.39, 0.29) is 6.54 Å². The molecule has 9 nitrogen and oxygen atoms in total. The number of carboxylic acid groups (broad SMARTS) is 1. The van der Waals surface area contributed by atoms with E-state index in [1.807, 2.05) is 4.57 Å². The van der Waals surface area contributed by atoms with Gasteiger partial charge in [-0.05, 0) is 0 Å². The summed E-state index contributed by atoms with van der Waals surface area (Å²) in [5.74, 6) is -0.627.